The van der Waals surface area contributed by atoms with Crippen LogP contribution in [-0.4, -0.2) is 58.5 Å². The van der Waals surface area contributed by atoms with Gasteiger partial charge < -0.3 is 15.1 Å². The number of nitro benzene ring substituents is 1. The molecule has 0 unspecified atom stereocenters. The molecule has 0 saturated carbocycles. The van der Waals surface area contributed by atoms with Crippen LogP contribution in [0.25, 0.3) is 0 Å². The minimum Gasteiger partial charge on any atom is -0.357 e. The highest BCUT2D eigenvalue weighted by atomic mass is 16.6. The molecule has 1 aromatic heterocycles. The van der Waals surface area contributed by atoms with Gasteiger partial charge in [0.25, 0.3) is 5.69 Å². The van der Waals surface area contributed by atoms with Gasteiger partial charge in [-0.05, 0) is 13.0 Å². The first-order valence-corrected chi connectivity index (χ1v) is 8.96. The van der Waals surface area contributed by atoms with Crippen LogP contribution in [0.5, 0.6) is 0 Å². The number of nitrogens with one attached hydrogen (secondary N) is 1. The molecule has 0 spiro atoms. The van der Waals surface area contributed by atoms with Crippen LogP contribution in [0.4, 0.5) is 11.6 Å². The van der Waals surface area contributed by atoms with Gasteiger partial charge in [0.05, 0.1) is 17.0 Å². The summed E-state index contributed by atoms with van der Waals surface area (Å²) in [6.45, 7) is 6.15. The molecule has 1 aliphatic heterocycles. The summed E-state index contributed by atoms with van der Waals surface area (Å²) in [7, 11) is 0. The summed E-state index contributed by atoms with van der Waals surface area (Å²) in [5.41, 5.74) is 0.706. The van der Waals surface area contributed by atoms with Gasteiger partial charge in [-0.3, -0.25) is 10.1 Å². The van der Waals surface area contributed by atoms with Crippen LogP contribution in [0.15, 0.2) is 47.7 Å². The van der Waals surface area contributed by atoms with Crippen molar-refractivity contribution in [3.63, 3.8) is 0 Å². The number of piperazine rings is 1. The maximum atomic E-state index is 11.2. The van der Waals surface area contributed by atoms with E-state index in [-0.39, 0.29) is 17.2 Å². The number of rotatable bonds is 5. The minimum atomic E-state index is -0.365. The van der Waals surface area contributed by atoms with Crippen molar-refractivity contribution in [3.8, 4) is 0 Å². The molecule has 2 heterocycles. The molecule has 0 atom stereocenters. The molecular weight excluding hydrogens is 346 g/mol. The molecule has 1 saturated heterocycles. The highest BCUT2D eigenvalue weighted by Crippen LogP contribution is 2.18. The number of aliphatic imine (C=N–C) groups is 1. The summed E-state index contributed by atoms with van der Waals surface area (Å²) >= 11 is 0. The van der Waals surface area contributed by atoms with Crippen LogP contribution in [0.2, 0.25) is 0 Å². The molecule has 1 fully saturated rings. The second kappa shape index (κ2) is 8.93. The smallest absolute Gasteiger partial charge is 0.274 e. The van der Waals surface area contributed by atoms with E-state index in [4.69, 9.17) is 0 Å². The summed E-state index contributed by atoms with van der Waals surface area (Å²) in [5, 5.41) is 14.5. The number of hydrogen-bond acceptors (Lipinski definition) is 6. The number of anilines is 1. The molecule has 27 heavy (non-hydrogen) atoms. The van der Waals surface area contributed by atoms with E-state index in [1.165, 1.54) is 6.07 Å². The lowest BCUT2D eigenvalue weighted by molar-refractivity contribution is -0.385. The van der Waals surface area contributed by atoms with Crippen molar-refractivity contribution in [3.05, 3.63) is 58.4 Å². The third-order valence-corrected chi connectivity index (χ3v) is 4.34. The first-order chi connectivity index (χ1) is 13.2. The van der Waals surface area contributed by atoms with Crippen LogP contribution in [-0.2, 0) is 6.54 Å². The Morgan fingerprint density at radius 3 is 2.56 bits per heavy atom. The number of benzene rings is 1. The highest BCUT2D eigenvalue weighted by Gasteiger charge is 2.21. The van der Waals surface area contributed by atoms with Crippen LogP contribution in [0.1, 0.15) is 12.5 Å². The maximum absolute atomic E-state index is 11.2. The first kappa shape index (κ1) is 18.6. The lowest BCUT2D eigenvalue weighted by atomic mass is 10.2. The van der Waals surface area contributed by atoms with Gasteiger partial charge in [-0.25, -0.2) is 15.0 Å². The fraction of sp³-hybridized carbons (Fsp3) is 0.389. The predicted molar refractivity (Wildman–Crippen MR) is 104 cm³/mol. The number of nitro groups is 1. The second-order valence-electron chi connectivity index (χ2n) is 6.08. The van der Waals surface area contributed by atoms with Crippen molar-refractivity contribution in [2.75, 3.05) is 37.6 Å². The lowest BCUT2D eigenvalue weighted by Gasteiger charge is -2.36. The van der Waals surface area contributed by atoms with Crippen LogP contribution >= 0.6 is 0 Å². The molecule has 0 bridgehead atoms. The topological polar surface area (TPSA) is 99.8 Å². The molecule has 3 rings (SSSR count). The van der Waals surface area contributed by atoms with E-state index >= 15 is 0 Å². The quantitative estimate of drug-likeness (QED) is 0.370. The van der Waals surface area contributed by atoms with Gasteiger partial charge in [0.2, 0.25) is 5.95 Å². The number of para-hydroxylation sites is 1. The molecule has 142 valence electrons. The summed E-state index contributed by atoms with van der Waals surface area (Å²) in [6, 6.07) is 8.52. The van der Waals surface area contributed by atoms with E-state index in [0.29, 0.717) is 5.56 Å². The third kappa shape index (κ3) is 4.69. The third-order valence-electron chi connectivity index (χ3n) is 4.34. The second-order valence-corrected chi connectivity index (χ2v) is 6.08. The summed E-state index contributed by atoms with van der Waals surface area (Å²) < 4.78 is 0. The van der Waals surface area contributed by atoms with E-state index < -0.39 is 0 Å². The molecule has 0 amide bonds. The van der Waals surface area contributed by atoms with Gasteiger partial charge in [-0.1, -0.05) is 18.2 Å². The first-order valence-electron chi connectivity index (χ1n) is 8.96. The summed E-state index contributed by atoms with van der Waals surface area (Å²) in [5.74, 6) is 1.50. The Kier molecular flexibility index (Phi) is 6.14. The van der Waals surface area contributed by atoms with Gasteiger partial charge >= 0.3 is 0 Å². The molecule has 2 aromatic rings. The summed E-state index contributed by atoms with van der Waals surface area (Å²) in [6.07, 6.45) is 3.49. The lowest BCUT2D eigenvalue weighted by Crippen LogP contribution is -2.53. The normalized spacial score (nSPS) is 14.9. The molecule has 1 aliphatic rings. The van der Waals surface area contributed by atoms with Crippen LogP contribution in [0.3, 0.4) is 0 Å². The molecule has 0 radical (unpaired) electrons. The summed E-state index contributed by atoms with van der Waals surface area (Å²) in [4.78, 5) is 28.3. The average Bonchev–Trinajstić information content (AvgIpc) is 2.72. The van der Waals surface area contributed by atoms with E-state index in [9.17, 15) is 10.1 Å². The number of aromatic nitrogens is 2. The zero-order valence-electron chi connectivity index (χ0n) is 15.3. The van der Waals surface area contributed by atoms with Gasteiger partial charge in [0, 0.05) is 51.2 Å². The predicted octanol–water partition coefficient (Wildman–Crippen LogP) is 1.67. The molecular formula is C18H23N7O2. The number of hydrogen-bond donors (Lipinski definition) is 1. The standard InChI is InChI=1S/C18H23N7O2/c1-2-19-17(22-14-15-6-3-4-7-16(15)25(26)27)23-10-12-24(13-11-23)18-20-8-5-9-21-18/h3-9H,2,10-14H2,1H3,(H,19,22). The fourth-order valence-electron chi connectivity index (χ4n) is 2.98. The van der Waals surface area contributed by atoms with Gasteiger partial charge in [0.1, 0.15) is 0 Å². The van der Waals surface area contributed by atoms with Gasteiger partial charge in [-0.2, -0.15) is 0 Å². The van der Waals surface area contributed by atoms with Gasteiger partial charge in [0.15, 0.2) is 5.96 Å². The Balaban J connectivity index is 1.68. The molecule has 1 N–H and O–H groups in total. The maximum Gasteiger partial charge on any atom is 0.274 e. The zero-order valence-corrected chi connectivity index (χ0v) is 15.3. The van der Waals surface area contributed by atoms with E-state index in [2.05, 4.69) is 30.1 Å². The van der Waals surface area contributed by atoms with Crippen molar-refractivity contribution in [2.24, 2.45) is 4.99 Å². The minimum absolute atomic E-state index is 0.100. The van der Waals surface area contributed by atoms with Crippen LogP contribution < -0.4 is 10.2 Å². The number of nitrogens with zero attached hydrogens (tertiary/aromatic N) is 6. The van der Waals surface area contributed by atoms with Gasteiger partial charge in [-0.15, -0.1) is 0 Å². The van der Waals surface area contributed by atoms with Crippen molar-refractivity contribution in [1.29, 1.82) is 0 Å². The van der Waals surface area contributed by atoms with E-state index in [0.717, 1.165) is 44.6 Å². The van der Waals surface area contributed by atoms with Crippen LogP contribution in [0, 0.1) is 10.1 Å². The molecule has 9 nitrogen and oxygen atoms in total. The zero-order chi connectivity index (χ0) is 19.1. The Labute approximate surface area is 157 Å². The Morgan fingerprint density at radius 2 is 1.89 bits per heavy atom. The van der Waals surface area contributed by atoms with Crippen molar-refractivity contribution < 1.29 is 4.92 Å². The van der Waals surface area contributed by atoms with Crippen molar-refractivity contribution in [1.82, 2.24) is 20.2 Å². The van der Waals surface area contributed by atoms with Crippen molar-refractivity contribution >= 4 is 17.6 Å². The average molecular weight is 369 g/mol. The fourth-order valence-corrected chi connectivity index (χ4v) is 2.98. The highest BCUT2D eigenvalue weighted by molar-refractivity contribution is 5.80. The Morgan fingerprint density at radius 1 is 1.19 bits per heavy atom. The van der Waals surface area contributed by atoms with Crippen molar-refractivity contribution in [2.45, 2.75) is 13.5 Å². The number of guanidine groups is 1. The molecule has 9 heteroatoms. The Hall–Kier alpha value is -3.23. The monoisotopic (exact) mass is 369 g/mol. The largest absolute Gasteiger partial charge is 0.357 e. The Bertz CT molecular complexity index is 789. The van der Waals surface area contributed by atoms with E-state index in [1.54, 1.807) is 36.7 Å². The molecule has 1 aromatic carbocycles. The van der Waals surface area contributed by atoms with E-state index in [1.807, 2.05) is 6.92 Å². The SMILES string of the molecule is CCNC(=NCc1ccccc1[N+](=O)[O-])N1CCN(c2ncccn2)CC1. The molecule has 0 aliphatic carbocycles.